The molecule has 0 aromatic rings. The third-order valence-corrected chi connectivity index (χ3v) is 0.642. The molecular weight excluding hydrogens is 293 g/mol. The Morgan fingerprint density at radius 1 is 1.38 bits per heavy atom. The Morgan fingerprint density at radius 2 is 1.50 bits per heavy atom. The first kappa shape index (κ1) is 11.2. The van der Waals surface area contributed by atoms with E-state index in [1.807, 2.05) is 0 Å². The van der Waals surface area contributed by atoms with Crippen molar-refractivity contribution in [3.05, 3.63) is 0 Å². The van der Waals surface area contributed by atoms with Crippen LogP contribution in [0.25, 0.3) is 0 Å². The van der Waals surface area contributed by atoms with E-state index in [4.69, 9.17) is 5.11 Å². The molecule has 0 aliphatic carbocycles. The van der Waals surface area contributed by atoms with Gasteiger partial charge in [0, 0.05) is 27.7 Å². The van der Waals surface area contributed by atoms with Crippen molar-refractivity contribution in [3.63, 3.8) is 0 Å². The van der Waals surface area contributed by atoms with Crippen molar-refractivity contribution in [2.45, 2.75) is 20.8 Å². The normalized spacial score (nSPS) is 9.88. The largest absolute Gasteiger partial charge is 0.481 e. The molecule has 0 amide bonds. The van der Waals surface area contributed by atoms with Gasteiger partial charge in [0.1, 0.15) is 0 Å². The van der Waals surface area contributed by atoms with Gasteiger partial charge < -0.3 is 5.11 Å². The monoisotopic (exact) mass is 304 g/mol. The van der Waals surface area contributed by atoms with Gasteiger partial charge in [-0.3, -0.25) is 4.79 Å². The fraction of sp³-hybridized carbons (Fsp3) is 0.800. The third-order valence-electron chi connectivity index (χ3n) is 0.642. The first-order valence-corrected chi connectivity index (χ1v) is 2.18. The van der Waals surface area contributed by atoms with E-state index in [-0.39, 0.29) is 27.7 Å². The van der Waals surface area contributed by atoms with Crippen LogP contribution in [0.2, 0.25) is 0 Å². The van der Waals surface area contributed by atoms with Crippen LogP contribution in [0.3, 0.4) is 0 Å². The molecule has 1 N–H and O–H groups in total. The van der Waals surface area contributed by atoms with Gasteiger partial charge >= 0.3 is 5.97 Å². The number of carboxylic acid groups (broad SMARTS) is 1. The number of carbonyl (C=O) groups is 1. The van der Waals surface area contributed by atoms with Crippen LogP contribution in [-0.4, -0.2) is 11.1 Å². The van der Waals surface area contributed by atoms with Crippen LogP contribution < -0.4 is 0 Å². The number of hydrogen-bond donors (Lipinski definition) is 1. The van der Waals surface area contributed by atoms with E-state index < -0.39 is 11.4 Å². The number of rotatable bonds is 0. The standard InChI is InChI=1S/C5H10O2.Hg/c1-5(2,3)4(6)7;/h1-3H3,(H,6,7);. The summed E-state index contributed by atoms with van der Waals surface area (Å²) in [5, 5.41) is 8.25. The van der Waals surface area contributed by atoms with Crippen LogP contribution in [0.4, 0.5) is 0 Å². The summed E-state index contributed by atoms with van der Waals surface area (Å²) >= 11 is 0. The topological polar surface area (TPSA) is 37.3 Å². The van der Waals surface area contributed by atoms with Gasteiger partial charge in [0.15, 0.2) is 0 Å². The Labute approximate surface area is 69.8 Å². The molecule has 0 unspecified atom stereocenters. The molecule has 8 heavy (non-hydrogen) atoms. The summed E-state index contributed by atoms with van der Waals surface area (Å²) in [6.07, 6.45) is 0. The maximum Gasteiger partial charge on any atom is 0.308 e. The summed E-state index contributed by atoms with van der Waals surface area (Å²) in [6.45, 7) is 4.99. The Balaban J connectivity index is 0. The summed E-state index contributed by atoms with van der Waals surface area (Å²) in [7, 11) is 0. The average Bonchev–Trinajstić information content (AvgIpc) is 1.31. The quantitative estimate of drug-likeness (QED) is 0.681. The molecule has 0 bridgehead atoms. The molecule has 0 spiro atoms. The van der Waals surface area contributed by atoms with Crippen molar-refractivity contribution in [1.29, 1.82) is 0 Å². The maximum absolute atomic E-state index is 10.0. The van der Waals surface area contributed by atoms with Crippen LogP contribution in [0.1, 0.15) is 20.8 Å². The zero-order valence-corrected chi connectivity index (χ0v) is 11.1. The third kappa shape index (κ3) is 4.56. The summed E-state index contributed by atoms with van der Waals surface area (Å²) in [4.78, 5) is 10.0. The SMILES string of the molecule is CC(C)(C)C(=O)O.[Hg]. The van der Waals surface area contributed by atoms with Crippen LogP contribution in [-0.2, 0) is 32.5 Å². The van der Waals surface area contributed by atoms with Gasteiger partial charge in [-0.1, -0.05) is 0 Å². The van der Waals surface area contributed by atoms with Crippen LogP contribution in [0.15, 0.2) is 0 Å². The Bertz CT molecular complexity index is 82.9. The Kier molecular flexibility index (Phi) is 4.82. The van der Waals surface area contributed by atoms with Crippen LogP contribution in [0.5, 0.6) is 0 Å². The first-order valence-electron chi connectivity index (χ1n) is 2.18. The fourth-order valence-electron chi connectivity index (χ4n) is 0. The Hall–Kier alpha value is 0.405. The smallest absolute Gasteiger partial charge is 0.308 e. The molecule has 0 atom stereocenters. The van der Waals surface area contributed by atoms with Gasteiger partial charge in [-0.15, -0.1) is 0 Å². The minimum Gasteiger partial charge on any atom is -0.481 e. The van der Waals surface area contributed by atoms with E-state index in [1.54, 1.807) is 20.8 Å². The molecule has 0 saturated heterocycles. The van der Waals surface area contributed by atoms with Crippen LogP contribution in [0, 0.1) is 5.41 Å². The van der Waals surface area contributed by atoms with Gasteiger partial charge in [0.2, 0.25) is 0 Å². The number of carboxylic acids is 1. The molecular formula is C5H10HgO2. The van der Waals surface area contributed by atoms with E-state index >= 15 is 0 Å². The molecule has 0 radical (unpaired) electrons. The molecule has 0 aliphatic heterocycles. The van der Waals surface area contributed by atoms with Crippen molar-refractivity contribution in [1.82, 2.24) is 0 Å². The molecule has 0 aliphatic rings. The average molecular weight is 303 g/mol. The van der Waals surface area contributed by atoms with Gasteiger partial charge in [0.25, 0.3) is 0 Å². The van der Waals surface area contributed by atoms with Crippen molar-refractivity contribution >= 4 is 5.97 Å². The minimum atomic E-state index is -0.757. The van der Waals surface area contributed by atoms with Gasteiger partial charge in [-0.05, 0) is 20.8 Å². The second-order valence-corrected chi connectivity index (χ2v) is 2.56. The van der Waals surface area contributed by atoms with Gasteiger partial charge in [0.05, 0.1) is 5.41 Å². The predicted octanol–water partition coefficient (Wildman–Crippen LogP) is 1.11. The van der Waals surface area contributed by atoms with E-state index in [0.717, 1.165) is 0 Å². The van der Waals surface area contributed by atoms with Gasteiger partial charge in [-0.2, -0.15) is 0 Å². The Morgan fingerprint density at radius 3 is 1.50 bits per heavy atom. The molecule has 0 rings (SSSR count). The maximum atomic E-state index is 10.0. The summed E-state index contributed by atoms with van der Waals surface area (Å²) in [5.74, 6) is -0.757. The zero-order chi connectivity index (χ0) is 6.08. The second-order valence-electron chi connectivity index (χ2n) is 2.56. The fourth-order valence-corrected chi connectivity index (χ4v) is 0. The molecule has 0 fully saturated rings. The van der Waals surface area contributed by atoms with E-state index in [9.17, 15) is 4.79 Å². The van der Waals surface area contributed by atoms with Gasteiger partial charge in [-0.25, -0.2) is 0 Å². The summed E-state index contributed by atoms with van der Waals surface area (Å²) in [5.41, 5.74) is -0.583. The van der Waals surface area contributed by atoms with E-state index in [0.29, 0.717) is 0 Å². The van der Waals surface area contributed by atoms with Crippen molar-refractivity contribution in [3.8, 4) is 0 Å². The summed E-state index contributed by atoms with van der Waals surface area (Å²) < 4.78 is 0. The zero-order valence-electron chi connectivity index (χ0n) is 5.56. The minimum absolute atomic E-state index is 0. The first-order chi connectivity index (χ1) is 2.94. The second kappa shape index (κ2) is 3.43. The molecule has 44 valence electrons. The number of hydrogen-bond acceptors (Lipinski definition) is 1. The molecule has 0 aromatic carbocycles. The van der Waals surface area contributed by atoms with E-state index in [1.165, 1.54) is 0 Å². The van der Waals surface area contributed by atoms with E-state index in [2.05, 4.69) is 0 Å². The van der Waals surface area contributed by atoms with Crippen molar-refractivity contribution in [2.24, 2.45) is 5.41 Å². The molecule has 0 heterocycles. The molecule has 0 saturated carbocycles. The van der Waals surface area contributed by atoms with Crippen LogP contribution >= 0.6 is 0 Å². The predicted molar refractivity (Wildman–Crippen MR) is 27.1 cm³/mol. The van der Waals surface area contributed by atoms with Crippen molar-refractivity contribution < 1.29 is 37.6 Å². The van der Waals surface area contributed by atoms with Crippen molar-refractivity contribution in [2.75, 3.05) is 0 Å². The molecule has 2 nitrogen and oxygen atoms in total. The molecule has 3 heteroatoms. The summed E-state index contributed by atoms with van der Waals surface area (Å²) in [6, 6.07) is 0. The number of aliphatic carboxylic acids is 1. The molecule has 0 aromatic heterocycles.